The van der Waals surface area contributed by atoms with Crippen LogP contribution in [-0.4, -0.2) is 4.70 Å². The van der Waals surface area contributed by atoms with Crippen LogP contribution >= 0.6 is 0 Å². The predicted molar refractivity (Wildman–Crippen MR) is 212 cm³/mol. The molecule has 0 unspecified atom stereocenters. The van der Waals surface area contributed by atoms with Crippen LogP contribution in [0.15, 0.2) is 35.4 Å². The summed E-state index contributed by atoms with van der Waals surface area (Å²) in [4.78, 5) is 0. The molecule has 1 heterocycles. The Bertz CT molecular complexity index is 1320. The highest BCUT2D eigenvalue weighted by molar-refractivity contribution is 5.83. The van der Waals surface area contributed by atoms with Gasteiger partial charge in [0.25, 0.3) is 0 Å². The Hall–Kier alpha value is -2.48. The van der Waals surface area contributed by atoms with Gasteiger partial charge in [0.1, 0.15) is 0 Å². The molecule has 2 nitrogen and oxygen atoms in total. The first kappa shape index (κ1) is 40.0. The molecule has 0 saturated heterocycles. The van der Waals surface area contributed by atoms with Crippen LogP contribution in [0.25, 0.3) is 16.9 Å². The maximum Gasteiger partial charge on any atom is 0.211 e. The Balaban J connectivity index is 2.31. The van der Waals surface area contributed by atoms with Crippen LogP contribution in [0, 0.1) is 0 Å². The second kappa shape index (κ2) is 21.6. The van der Waals surface area contributed by atoms with Gasteiger partial charge in [-0.3, -0.25) is 0 Å². The van der Waals surface area contributed by atoms with Crippen LogP contribution in [0.4, 0.5) is 0 Å². The molecular weight excluding hydrogens is 581 g/mol. The van der Waals surface area contributed by atoms with Gasteiger partial charge in [0, 0.05) is 22.3 Å². The van der Waals surface area contributed by atoms with Crippen LogP contribution in [-0.2, 0) is 38.5 Å². The lowest BCUT2D eigenvalue weighted by molar-refractivity contribution is -0.345. The number of allylic oxidation sites excluding steroid dienone is 2. The monoisotopic (exact) mass is 653 g/mol. The average Bonchev–Trinajstić information content (AvgIpc) is 3.35. The van der Waals surface area contributed by atoms with Crippen molar-refractivity contribution in [3.05, 3.63) is 85.5 Å². The second-order valence-corrected chi connectivity index (χ2v) is 14.6. The molecule has 0 bridgehead atoms. The number of aryl methyl sites for hydroxylation is 4. The van der Waals surface area contributed by atoms with E-state index < -0.39 is 0 Å². The van der Waals surface area contributed by atoms with Gasteiger partial charge in [-0.2, -0.15) is 0 Å². The van der Waals surface area contributed by atoms with Crippen LogP contribution in [0.3, 0.4) is 0 Å². The van der Waals surface area contributed by atoms with Crippen molar-refractivity contribution >= 4 is 11.4 Å². The van der Waals surface area contributed by atoms with Crippen molar-refractivity contribution in [3.8, 4) is 0 Å². The van der Waals surface area contributed by atoms with Crippen molar-refractivity contribution in [1.29, 1.82) is 0 Å². The van der Waals surface area contributed by atoms with Crippen molar-refractivity contribution in [2.24, 2.45) is 0 Å². The van der Waals surface area contributed by atoms with E-state index in [-0.39, 0.29) is 0 Å². The molecule has 3 rings (SSSR count). The molecule has 0 amide bonds. The molecule has 0 aromatic heterocycles. The fraction of sp³-hybridized carbons (Fsp3) is 0.652. The van der Waals surface area contributed by atoms with E-state index in [2.05, 4.69) is 79.7 Å². The van der Waals surface area contributed by atoms with E-state index in [0.717, 1.165) is 101 Å². The lowest BCUT2D eigenvalue weighted by Gasteiger charge is -2.19. The Morgan fingerprint density at radius 2 is 0.708 bits per heavy atom. The summed E-state index contributed by atoms with van der Waals surface area (Å²) in [6.07, 6.45) is 25.7. The molecule has 2 aromatic carbocycles. The summed E-state index contributed by atoms with van der Waals surface area (Å²) >= 11 is 0. The number of hydrogen-bond donors (Lipinski definition) is 0. The molecule has 0 aliphatic carbocycles. The van der Waals surface area contributed by atoms with E-state index in [1.807, 2.05) is 0 Å². The Morgan fingerprint density at radius 3 is 1.06 bits per heavy atom. The van der Waals surface area contributed by atoms with Gasteiger partial charge < -0.3 is 5.53 Å². The van der Waals surface area contributed by atoms with E-state index in [1.165, 1.54) is 95.9 Å². The zero-order valence-electron chi connectivity index (χ0n) is 32.8. The minimum absolute atomic E-state index is 1.03. The SMILES string of the molecule is CCCCCCCCC1=C(c2cc(CCC)c(CCC)c(CCC)c2)[N+](=[N-])C(c2cc(CCC)c(CCC)c(CCC)c2)=C1CCCC. The molecule has 2 heteroatoms. The summed E-state index contributed by atoms with van der Waals surface area (Å²) in [6, 6.07) is 9.89. The lowest BCUT2D eigenvalue weighted by atomic mass is 9.86. The highest BCUT2D eigenvalue weighted by Gasteiger charge is 2.36. The second-order valence-electron chi connectivity index (χ2n) is 14.6. The number of benzene rings is 2. The third kappa shape index (κ3) is 10.3. The summed E-state index contributed by atoms with van der Waals surface area (Å²) < 4.78 is 1.68. The molecule has 266 valence electrons. The van der Waals surface area contributed by atoms with Gasteiger partial charge in [0.2, 0.25) is 11.4 Å². The summed E-state index contributed by atoms with van der Waals surface area (Å²) in [7, 11) is 0. The number of hydrogen-bond acceptors (Lipinski definition) is 0. The average molecular weight is 653 g/mol. The normalized spacial score (nSPS) is 13.5. The summed E-state index contributed by atoms with van der Waals surface area (Å²) in [5.41, 5.74) is 29.2. The molecule has 1 aliphatic heterocycles. The van der Waals surface area contributed by atoms with E-state index in [4.69, 9.17) is 0 Å². The quantitative estimate of drug-likeness (QED) is 0.0796. The fourth-order valence-electron chi connectivity index (χ4n) is 8.20. The van der Waals surface area contributed by atoms with Gasteiger partial charge in [-0.1, -0.05) is 132 Å². The Kier molecular flexibility index (Phi) is 18.0. The van der Waals surface area contributed by atoms with Gasteiger partial charge in [0.05, 0.1) is 0 Å². The number of nitrogens with zero attached hydrogens (tertiary/aromatic N) is 2. The first-order valence-corrected chi connectivity index (χ1v) is 20.7. The van der Waals surface area contributed by atoms with Gasteiger partial charge in [-0.15, -0.1) is 0 Å². The molecule has 0 saturated carbocycles. The molecule has 0 spiro atoms. The van der Waals surface area contributed by atoms with Gasteiger partial charge in [-0.05, 0) is 122 Å². The van der Waals surface area contributed by atoms with Crippen LogP contribution < -0.4 is 0 Å². The van der Waals surface area contributed by atoms with Crippen molar-refractivity contribution < 1.29 is 4.70 Å². The molecule has 1 aliphatic rings. The minimum Gasteiger partial charge on any atom is -0.493 e. The summed E-state index contributed by atoms with van der Waals surface area (Å²) in [5.74, 6) is 0. The fourth-order valence-corrected chi connectivity index (χ4v) is 8.20. The zero-order valence-corrected chi connectivity index (χ0v) is 32.8. The third-order valence-electron chi connectivity index (χ3n) is 10.4. The van der Waals surface area contributed by atoms with Gasteiger partial charge in [0.15, 0.2) is 0 Å². The Labute approximate surface area is 297 Å². The molecule has 48 heavy (non-hydrogen) atoms. The third-order valence-corrected chi connectivity index (χ3v) is 10.4. The van der Waals surface area contributed by atoms with E-state index in [0.29, 0.717) is 0 Å². The molecule has 0 fully saturated rings. The van der Waals surface area contributed by atoms with Gasteiger partial charge in [-0.25, -0.2) is 4.70 Å². The highest BCUT2D eigenvalue weighted by Crippen LogP contribution is 2.46. The largest absolute Gasteiger partial charge is 0.493 e. The maximum absolute atomic E-state index is 12.6. The molecule has 0 atom stereocenters. The topological polar surface area (TPSA) is 25.3 Å². The van der Waals surface area contributed by atoms with E-state index in [9.17, 15) is 5.53 Å². The lowest BCUT2D eigenvalue weighted by Crippen LogP contribution is -2.08. The summed E-state index contributed by atoms with van der Waals surface area (Å²) in [6.45, 7) is 18.5. The maximum atomic E-state index is 12.6. The minimum atomic E-state index is 1.03. The van der Waals surface area contributed by atoms with Crippen molar-refractivity contribution in [2.45, 2.75) is 197 Å². The molecule has 0 radical (unpaired) electrons. The van der Waals surface area contributed by atoms with Gasteiger partial charge >= 0.3 is 0 Å². The molecular formula is C46H72N2. The predicted octanol–water partition coefficient (Wildman–Crippen LogP) is 14.5. The highest BCUT2D eigenvalue weighted by atomic mass is 15.2. The smallest absolute Gasteiger partial charge is 0.211 e. The summed E-state index contributed by atoms with van der Waals surface area (Å²) in [5, 5.41) is 0. The van der Waals surface area contributed by atoms with E-state index in [1.54, 1.807) is 15.8 Å². The van der Waals surface area contributed by atoms with Crippen LogP contribution in [0.1, 0.15) is 203 Å². The zero-order chi connectivity index (χ0) is 34.9. The first-order chi connectivity index (χ1) is 23.4. The van der Waals surface area contributed by atoms with Crippen molar-refractivity contribution in [2.75, 3.05) is 0 Å². The molecule has 0 N–H and O–H groups in total. The molecule has 2 aromatic rings. The van der Waals surface area contributed by atoms with Crippen LogP contribution in [0.5, 0.6) is 0 Å². The first-order valence-electron chi connectivity index (χ1n) is 20.7. The van der Waals surface area contributed by atoms with Crippen molar-refractivity contribution in [1.82, 2.24) is 0 Å². The van der Waals surface area contributed by atoms with Crippen LogP contribution in [0.2, 0.25) is 0 Å². The number of rotatable bonds is 24. The van der Waals surface area contributed by atoms with E-state index >= 15 is 0 Å². The number of unbranched alkanes of at least 4 members (excludes halogenated alkanes) is 6. The standard InChI is InChI=1S/C46H72N2/c1-9-17-19-20-21-22-30-44-43(29-18-10-2)45(39-31-35(23-11-3)41(27-15-7)36(32-39)24-12-4)48(47)46(44)40-33-37(25-13-5)42(28-16-8)38(34-40)26-14-6/h31-34H,9-30H2,1-8H3. The Morgan fingerprint density at radius 1 is 0.375 bits per heavy atom. The van der Waals surface area contributed by atoms with Crippen molar-refractivity contribution in [3.63, 3.8) is 0 Å².